The highest BCUT2D eigenvalue weighted by Gasteiger charge is 2.48. The molecule has 38 heavy (non-hydrogen) atoms. The molecule has 196 valence electrons. The second-order valence-electron chi connectivity index (χ2n) is 8.62. The number of benzene rings is 2. The molecule has 2 aromatic carbocycles. The number of rotatable bonds is 7. The van der Waals surface area contributed by atoms with E-state index in [4.69, 9.17) is 25.8 Å². The van der Waals surface area contributed by atoms with E-state index in [-0.39, 0.29) is 39.3 Å². The Balaban J connectivity index is 1.93. The molecule has 0 aliphatic carbocycles. The van der Waals surface area contributed by atoms with E-state index in [0.29, 0.717) is 11.4 Å². The maximum Gasteiger partial charge on any atom is 0.338 e. The zero-order valence-electron chi connectivity index (χ0n) is 21.1. The Hall–Kier alpha value is -4.37. The minimum Gasteiger partial charge on any atom is -0.507 e. The summed E-state index contributed by atoms with van der Waals surface area (Å²) in [7, 11) is 2.81. The first-order valence-electron chi connectivity index (χ1n) is 11.6. The third-order valence-electron chi connectivity index (χ3n) is 5.84. The first kappa shape index (κ1) is 26.7. The zero-order valence-corrected chi connectivity index (χ0v) is 21.9. The number of methoxy groups -OCH3 is 2. The van der Waals surface area contributed by atoms with Crippen molar-refractivity contribution in [2.45, 2.75) is 26.0 Å². The van der Waals surface area contributed by atoms with Gasteiger partial charge in [-0.2, -0.15) is 0 Å². The summed E-state index contributed by atoms with van der Waals surface area (Å²) in [6, 6.07) is 12.9. The van der Waals surface area contributed by atoms with Crippen molar-refractivity contribution in [3.8, 4) is 11.5 Å². The van der Waals surface area contributed by atoms with Crippen LogP contribution < -0.4 is 14.4 Å². The molecule has 1 saturated heterocycles. The third kappa shape index (κ3) is 4.92. The lowest BCUT2D eigenvalue weighted by atomic mass is 9.97. The highest BCUT2D eigenvalue weighted by molar-refractivity contribution is 6.51. The summed E-state index contributed by atoms with van der Waals surface area (Å²) < 4.78 is 15.9. The van der Waals surface area contributed by atoms with Crippen LogP contribution in [-0.4, -0.2) is 48.1 Å². The Morgan fingerprint density at radius 3 is 2.39 bits per heavy atom. The molecule has 1 amide bonds. The number of hydrogen-bond acceptors (Lipinski definition) is 8. The minimum absolute atomic E-state index is 0.0893. The average Bonchev–Trinajstić information content (AvgIpc) is 3.18. The molecule has 10 heteroatoms. The lowest BCUT2D eigenvalue weighted by molar-refractivity contribution is -0.132. The van der Waals surface area contributed by atoms with Gasteiger partial charge in [-0.3, -0.25) is 19.5 Å². The van der Waals surface area contributed by atoms with E-state index in [2.05, 4.69) is 4.98 Å². The fourth-order valence-electron chi connectivity index (χ4n) is 4.17. The van der Waals surface area contributed by atoms with E-state index in [9.17, 15) is 19.5 Å². The van der Waals surface area contributed by atoms with Gasteiger partial charge in [-0.05, 0) is 50.2 Å². The molecule has 9 nitrogen and oxygen atoms in total. The standard InChI is InChI=1S/C28H25ClN2O7/c1-15(2)38-28(35)16-8-7-9-17(12-16)31-24(20-10-5-6-11-30-20)23(26(33)27(31)34)25(32)18-13-19(29)22(37-4)14-21(18)36-3/h5-15,24,32H,1-4H3/b25-23+. The number of aliphatic hydroxyl groups excluding tert-OH is 1. The van der Waals surface area contributed by atoms with Crippen LogP contribution in [0.1, 0.15) is 41.5 Å². The van der Waals surface area contributed by atoms with Gasteiger partial charge in [-0.1, -0.05) is 23.7 Å². The lowest BCUT2D eigenvalue weighted by Gasteiger charge is -2.25. The molecule has 0 saturated carbocycles. The Labute approximate surface area is 224 Å². The molecule has 0 bridgehead atoms. The smallest absolute Gasteiger partial charge is 0.338 e. The molecule has 4 rings (SSSR count). The first-order valence-corrected chi connectivity index (χ1v) is 12.0. The Kier molecular flexibility index (Phi) is 7.68. The fraction of sp³-hybridized carbons (Fsp3) is 0.214. The number of carbonyl (C=O) groups is 3. The number of aromatic nitrogens is 1. The highest BCUT2D eigenvalue weighted by Crippen LogP contribution is 2.44. The van der Waals surface area contributed by atoms with Crippen LogP contribution in [0.5, 0.6) is 11.5 Å². The molecule has 1 aromatic heterocycles. The molecule has 1 aliphatic heterocycles. The number of aliphatic hydroxyl groups is 1. The number of esters is 1. The van der Waals surface area contributed by atoms with Crippen LogP contribution in [-0.2, 0) is 14.3 Å². The molecule has 1 fully saturated rings. The fourth-order valence-corrected chi connectivity index (χ4v) is 4.41. The van der Waals surface area contributed by atoms with Gasteiger partial charge in [0.15, 0.2) is 0 Å². The summed E-state index contributed by atoms with van der Waals surface area (Å²) in [5.41, 5.74) is 0.637. The predicted molar refractivity (Wildman–Crippen MR) is 141 cm³/mol. The van der Waals surface area contributed by atoms with Gasteiger partial charge in [0.25, 0.3) is 11.7 Å². The summed E-state index contributed by atoms with van der Waals surface area (Å²) in [6.07, 6.45) is 1.16. The van der Waals surface area contributed by atoms with Gasteiger partial charge in [0, 0.05) is 18.0 Å². The van der Waals surface area contributed by atoms with Crippen LogP contribution in [0, 0.1) is 0 Å². The van der Waals surface area contributed by atoms with E-state index < -0.39 is 29.5 Å². The quantitative estimate of drug-likeness (QED) is 0.195. The molecule has 2 heterocycles. The Morgan fingerprint density at radius 1 is 1.03 bits per heavy atom. The van der Waals surface area contributed by atoms with Crippen LogP contribution in [0.4, 0.5) is 5.69 Å². The summed E-state index contributed by atoms with van der Waals surface area (Å²) in [5.74, 6) is -2.46. The molecule has 3 aromatic rings. The number of anilines is 1. The van der Waals surface area contributed by atoms with Crippen molar-refractivity contribution in [3.63, 3.8) is 0 Å². The van der Waals surface area contributed by atoms with Crippen molar-refractivity contribution in [1.29, 1.82) is 0 Å². The molecule has 1 aliphatic rings. The van der Waals surface area contributed by atoms with Crippen molar-refractivity contribution >= 4 is 40.7 Å². The van der Waals surface area contributed by atoms with Gasteiger partial charge in [-0.25, -0.2) is 4.79 Å². The lowest BCUT2D eigenvalue weighted by Crippen LogP contribution is -2.30. The number of amides is 1. The largest absolute Gasteiger partial charge is 0.507 e. The van der Waals surface area contributed by atoms with Crippen molar-refractivity contribution in [2.75, 3.05) is 19.1 Å². The second kappa shape index (κ2) is 10.9. The van der Waals surface area contributed by atoms with Gasteiger partial charge in [0.2, 0.25) is 0 Å². The highest BCUT2D eigenvalue weighted by atomic mass is 35.5. The normalized spacial score (nSPS) is 16.6. The van der Waals surface area contributed by atoms with E-state index in [1.807, 2.05) is 0 Å². The van der Waals surface area contributed by atoms with E-state index in [1.165, 1.54) is 43.5 Å². The van der Waals surface area contributed by atoms with Crippen LogP contribution in [0.2, 0.25) is 5.02 Å². The number of pyridine rings is 1. The Morgan fingerprint density at radius 2 is 1.76 bits per heavy atom. The van der Waals surface area contributed by atoms with E-state index >= 15 is 0 Å². The van der Waals surface area contributed by atoms with Crippen molar-refractivity contribution in [1.82, 2.24) is 4.98 Å². The van der Waals surface area contributed by atoms with Crippen LogP contribution >= 0.6 is 11.6 Å². The maximum atomic E-state index is 13.4. The van der Waals surface area contributed by atoms with E-state index in [0.717, 1.165) is 0 Å². The number of halogens is 1. The van der Waals surface area contributed by atoms with Gasteiger partial charge < -0.3 is 19.3 Å². The van der Waals surface area contributed by atoms with Crippen molar-refractivity contribution < 1.29 is 33.7 Å². The number of hydrogen-bond donors (Lipinski definition) is 1. The van der Waals surface area contributed by atoms with Crippen LogP contribution in [0.3, 0.4) is 0 Å². The molecule has 1 N–H and O–H groups in total. The molecule has 0 radical (unpaired) electrons. The molecule has 1 atom stereocenters. The minimum atomic E-state index is -1.11. The third-order valence-corrected chi connectivity index (χ3v) is 6.14. The van der Waals surface area contributed by atoms with Crippen molar-refractivity contribution in [3.05, 3.63) is 88.2 Å². The number of carbonyl (C=O) groups excluding carboxylic acids is 3. The zero-order chi connectivity index (χ0) is 27.6. The topological polar surface area (TPSA) is 115 Å². The number of nitrogens with zero attached hydrogens (tertiary/aromatic N) is 2. The number of ether oxygens (including phenoxy) is 3. The second-order valence-corrected chi connectivity index (χ2v) is 9.02. The van der Waals surface area contributed by atoms with Gasteiger partial charge in [-0.15, -0.1) is 0 Å². The first-order chi connectivity index (χ1) is 18.2. The molecule has 1 unspecified atom stereocenters. The Bertz CT molecular complexity index is 1440. The summed E-state index contributed by atoms with van der Waals surface area (Å²) in [4.78, 5) is 44.9. The molecular formula is C28H25ClN2O7. The van der Waals surface area contributed by atoms with Gasteiger partial charge in [0.05, 0.1) is 47.7 Å². The molecular weight excluding hydrogens is 512 g/mol. The van der Waals surface area contributed by atoms with Gasteiger partial charge in [0.1, 0.15) is 23.3 Å². The van der Waals surface area contributed by atoms with Crippen LogP contribution in [0.25, 0.3) is 5.76 Å². The van der Waals surface area contributed by atoms with E-state index in [1.54, 1.807) is 50.2 Å². The average molecular weight is 537 g/mol. The van der Waals surface area contributed by atoms with Gasteiger partial charge >= 0.3 is 5.97 Å². The monoisotopic (exact) mass is 536 g/mol. The number of Topliss-reactive ketones (excluding diaryl/α,β-unsaturated/α-hetero) is 1. The SMILES string of the molecule is COc1cc(OC)c(/C(O)=C2\C(=O)C(=O)N(c3cccc(C(=O)OC(C)C)c3)C2c2ccccn2)cc1Cl. The molecule has 0 spiro atoms. The van der Waals surface area contributed by atoms with Crippen molar-refractivity contribution in [2.24, 2.45) is 0 Å². The predicted octanol–water partition coefficient (Wildman–Crippen LogP) is 4.94. The summed E-state index contributed by atoms with van der Waals surface area (Å²) in [6.45, 7) is 3.45. The maximum absolute atomic E-state index is 13.4. The summed E-state index contributed by atoms with van der Waals surface area (Å²) in [5, 5.41) is 11.6. The number of ketones is 1. The summed E-state index contributed by atoms with van der Waals surface area (Å²) >= 11 is 6.30. The van der Waals surface area contributed by atoms with Crippen LogP contribution in [0.15, 0.2) is 66.4 Å².